The average molecular weight is 298 g/mol. The third kappa shape index (κ3) is 2.91. The quantitative estimate of drug-likeness (QED) is 0.767. The Labute approximate surface area is 129 Å². The average Bonchev–Trinajstić information content (AvgIpc) is 3.02. The van der Waals surface area contributed by atoms with E-state index in [0.717, 1.165) is 28.9 Å². The van der Waals surface area contributed by atoms with Gasteiger partial charge in [-0.25, -0.2) is 0 Å². The molecular formula is C18H18O4. The van der Waals surface area contributed by atoms with Crippen molar-refractivity contribution >= 4 is 6.29 Å². The molecule has 1 aliphatic heterocycles. The number of hydrogen-bond acceptors (Lipinski definition) is 4. The Hall–Kier alpha value is -2.49. The Kier molecular flexibility index (Phi) is 4.28. The molecule has 1 unspecified atom stereocenters. The lowest BCUT2D eigenvalue weighted by atomic mass is 9.92. The van der Waals surface area contributed by atoms with Crippen molar-refractivity contribution in [3.63, 3.8) is 0 Å². The summed E-state index contributed by atoms with van der Waals surface area (Å²) in [5.74, 6) is 2.01. The van der Waals surface area contributed by atoms with Crippen LogP contribution in [0, 0.1) is 0 Å². The summed E-state index contributed by atoms with van der Waals surface area (Å²) in [6.07, 6.45) is 1.57. The molecule has 0 saturated carbocycles. The van der Waals surface area contributed by atoms with Gasteiger partial charge in [0.1, 0.15) is 12.0 Å². The number of para-hydroxylation sites is 1. The number of fused-ring (bicyclic) bond motifs is 1. The summed E-state index contributed by atoms with van der Waals surface area (Å²) >= 11 is 0. The zero-order chi connectivity index (χ0) is 15.4. The molecule has 114 valence electrons. The molecule has 0 fully saturated rings. The molecule has 4 nitrogen and oxygen atoms in total. The Morgan fingerprint density at radius 3 is 2.82 bits per heavy atom. The summed E-state index contributed by atoms with van der Waals surface area (Å²) in [5.41, 5.74) is 1.95. The van der Waals surface area contributed by atoms with Gasteiger partial charge in [0.05, 0.1) is 6.61 Å². The van der Waals surface area contributed by atoms with Gasteiger partial charge in [-0.3, -0.25) is 0 Å². The second-order valence-corrected chi connectivity index (χ2v) is 5.10. The van der Waals surface area contributed by atoms with Gasteiger partial charge < -0.3 is 19.0 Å². The molecular weight excluding hydrogens is 280 g/mol. The molecule has 3 rings (SSSR count). The first-order valence-electron chi connectivity index (χ1n) is 7.37. The van der Waals surface area contributed by atoms with E-state index in [2.05, 4.69) is 0 Å². The highest BCUT2D eigenvalue weighted by atomic mass is 16.7. The Bertz CT molecular complexity index is 666. The van der Waals surface area contributed by atoms with Crippen molar-refractivity contribution in [1.82, 2.24) is 0 Å². The summed E-state index contributed by atoms with van der Waals surface area (Å²) in [5, 5.41) is 0. The first-order valence-corrected chi connectivity index (χ1v) is 7.37. The fraction of sp³-hybridized carbons (Fsp3) is 0.278. The molecule has 0 spiro atoms. The highest BCUT2D eigenvalue weighted by Crippen LogP contribution is 2.35. The summed E-state index contributed by atoms with van der Waals surface area (Å²) < 4.78 is 16.3. The van der Waals surface area contributed by atoms with Crippen molar-refractivity contribution in [3.05, 3.63) is 53.6 Å². The molecule has 0 aliphatic carbocycles. The van der Waals surface area contributed by atoms with E-state index in [1.54, 1.807) is 0 Å². The topological polar surface area (TPSA) is 44.8 Å². The van der Waals surface area contributed by atoms with E-state index < -0.39 is 0 Å². The van der Waals surface area contributed by atoms with Crippen LogP contribution in [0.25, 0.3) is 0 Å². The van der Waals surface area contributed by atoms with Crippen LogP contribution < -0.4 is 14.2 Å². The van der Waals surface area contributed by atoms with Gasteiger partial charge in [0, 0.05) is 5.92 Å². The monoisotopic (exact) mass is 298 g/mol. The maximum Gasteiger partial charge on any atom is 0.231 e. The number of carbonyl (C=O) groups excluding carboxylic acids is 1. The van der Waals surface area contributed by atoms with E-state index >= 15 is 0 Å². The molecule has 1 atom stereocenters. The van der Waals surface area contributed by atoms with Crippen LogP contribution in [0.4, 0.5) is 0 Å². The summed E-state index contributed by atoms with van der Waals surface area (Å²) in [7, 11) is 0. The molecule has 2 aromatic carbocycles. The van der Waals surface area contributed by atoms with Gasteiger partial charge in [0.15, 0.2) is 11.5 Å². The predicted octanol–water partition coefficient (Wildman–Crippen LogP) is 3.34. The maximum absolute atomic E-state index is 11.6. The van der Waals surface area contributed by atoms with Crippen molar-refractivity contribution in [2.45, 2.75) is 19.3 Å². The Balaban J connectivity index is 1.84. The predicted molar refractivity (Wildman–Crippen MR) is 82.7 cm³/mol. The van der Waals surface area contributed by atoms with Crippen LogP contribution in [0.3, 0.4) is 0 Å². The third-order valence-electron chi connectivity index (χ3n) is 3.70. The van der Waals surface area contributed by atoms with Gasteiger partial charge in [0.25, 0.3) is 0 Å². The fourth-order valence-corrected chi connectivity index (χ4v) is 2.59. The van der Waals surface area contributed by atoms with E-state index in [1.807, 2.05) is 49.4 Å². The van der Waals surface area contributed by atoms with Gasteiger partial charge in [-0.1, -0.05) is 24.3 Å². The first kappa shape index (κ1) is 14.4. The van der Waals surface area contributed by atoms with Crippen molar-refractivity contribution in [2.75, 3.05) is 13.4 Å². The van der Waals surface area contributed by atoms with Gasteiger partial charge >= 0.3 is 0 Å². The van der Waals surface area contributed by atoms with Crippen molar-refractivity contribution < 1.29 is 19.0 Å². The lowest BCUT2D eigenvalue weighted by molar-refractivity contribution is -0.109. The Morgan fingerprint density at radius 1 is 1.18 bits per heavy atom. The van der Waals surface area contributed by atoms with Crippen molar-refractivity contribution in [2.24, 2.45) is 0 Å². The summed E-state index contributed by atoms with van der Waals surface area (Å²) in [4.78, 5) is 11.6. The van der Waals surface area contributed by atoms with Crippen LogP contribution in [0.5, 0.6) is 17.2 Å². The minimum Gasteiger partial charge on any atom is -0.494 e. The summed E-state index contributed by atoms with van der Waals surface area (Å²) in [6, 6.07) is 13.5. The fourth-order valence-electron chi connectivity index (χ4n) is 2.59. The largest absolute Gasteiger partial charge is 0.494 e. The van der Waals surface area contributed by atoms with Crippen molar-refractivity contribution in [1.29, 1.82) is 0 Å². The van der Waals surface area contributed by atoms with E-state index in [9.17, 15) is 4.79 Å². The van der Waals surface area contributed by atoms with Gasteiger partial charge in [-0.15, -0.1) is 0 Å². The summed E-state index contributed by atoms with van der Waals surface area (Å²) in [6.45, 7) is 2.79. The van der Waals surface area contributed by atoms with Gasteiger partial charge in [0.2, 0.25) is 6.79 Å². The molecule has 22 heavy (non-hydrogen) atoms. The minimum absolute atomic E-state index is 0.234. The second-order valence-electron chi connectivity index (χ2n) is 5.10. The third-order valence-corrected chi connectivity index (χ3v) is 3.70. The molecule has 0 bridgehead atoms. The highest BCUT2D eigenvalue weighted by molar-refractivity contribution is 5.64. The van der Waals surface area contributed by atoms with Gasteiger partial charge in [-0.2, -0.15) is 0 Å². The van der Waals surface area contributed by atoms with Crippen LogP contribution in [0.15, 0.2) is 42.5 Å². The number of ether oxygens (including phenoxy) is 3. The van der Waals surface area contributed by atoms with E-state index in [0.29, 0.717) is 18.8 Å². The van der Waals surface area contributed by atoms with E-state index in [-0.39, 0.29) is 12.7 Å². The van der Waals surface area contributed by atoms with Crippen molar-refractivity contribution in [3.8, 4) is 17.2 Å². The second kappa shape index (κ2) is 6.52. The lowest BCUT2D eigenvalue weighted by Crippen LogP contribution is -2.06. The molecule has 1 heterocycles. The van der Waals surface area contributed by atoms with Crippen LogP contribution in [-0.4, -0.2) is 19.7 Å². The van der Waals surface area contributed by atoms with E-state index in [4.69, 9.17) is 14.2 Å². The SMILES string of the molecule is CCOc1ccccc1CC(C=O)c1ccc2c(c1)OCO2. The van der Waals surface area contributed by atoms with Crippen LogP contribution in [0.2, 0.25) is 0 Å². The zero-order valence-electron chi connectivity index (χ0n) is 12.5. The number of aldehydes is 1. The molecule has 0 saturated heterocycles. The smallest absolute Gasteiger partial charge is 0.231 e. The van der Waals surface area contributed by atoms with Crippen LogP contribution in [0.1, 0.15) is 24.0 Å². The molecule has 1 aliphatic rings. The van der Waals surface area contributed by atoms with Gasteiger partial charge in [-0.05, 0) is 42.7 Å². The van der Waals surface area contributed by atoms with Crippen LogP contribution in [-0.2, 0) is 11.2 Å². The number of rotatable bonds is 6. The number of hydrogen-bond donors (Lipinski definition) is 0. The minimum atomic E-state index is -0.240. The Morgan fingerprint density at radius 2 is 2.00 bits per heavy atom. The molecule has 0 radical (unpaired) electrons. The molecule has 0 N–H and O–H groups in total. The maximum atomic E-state index is 11.6. The molecule has 2 aromatic rings. The lowest BCUT2D eigenvalue weighted by Gasteiger charge is -2.15. The molecule has 4 heteroatoms. The zero-order valence-corrected chi connectivity index (χ0v) is 12.5. The van der Waals surface area contributed by atoms with E-state index in [1.165, 1.54) is 0 Å². The molecule has 0 amide bonds. The normalized spacial score (nSPS) is 13.7. The first-order chi connectivity index (χ1) is 10.8. The molecule has 0 aromatic heterocycles. The van der Waals surface area contributed by atoms with Crippen LogP contribution >= 0.6 is 0 Å². The number of benzene rings is 2. The number of carbonyl (C=O) groups is 1. The highest BCUT2D eigenvalue weighted by Gasteiger charge is 2.19. The standard InChI is InChI=1S/C18H18O4/c1-2-20-16-6-4-3-5-14(16)9-15(11-19)13-7-8-17-18(10-13)22-12-21-17/h3-8,10-11,15H,2,9,12H2,1H3.